The number of phenolic OH excluding ortho intramolecular Hbond substituents is 1. The first-order valence-corrected chi connectivity index (χ1v) is 12.7. The molecule has 0 radical (unpaired) electrons. The van der Waals surface area contributed by atoms with Crippen LogP contribution in [-0.4, -0.2) is 35.4 Å². The number of nitrogens with two attached hydrogens (primary N) is 1. The molecule has 38 heavy (non-hydrogen) atoms. The molecule has 3 amide bonds. The molecule has 0 bridgehead atoms. The number of hydrogen-bond acceptors (Lipinski definition) is 5. The molecule has 0 aliphatic heterocycles. The molecule has 0 aliphatic rings. The van der Waals surface area contributed by atoms with Gasteiger partial charge in [-0.1, -0.05) is 61.5 Å². The van der Waals surface area contributed by atoms with E-state index in [2.05, 4.69) is 10.6 Å². The Hall–Kier alpha value is -4.33. The Kier molecular flexibility index (Phi) is 10.7. The highest BCUT2D eigenvalue weighted by Gasteiger charge is 2.22. The van der Waals surface area contributed by atoms with E-state index in [9.17, 15) is 19.5 Å². The molecular formula is C30H35N3O5. The predicted molar refractivity (Wildman–Crippen MR) is 145 cm³/mol. The number of phenols is 1. The molecule has 8 heteroatoms. The van der Waals surface area contributed by atoms with Gasteiger partial charge in [-0.2, -0.15) is 0 Å². The SMILES string of the molecule is CC(CCC(=O)NC(Cc1ccc(OCc2ccccc2)cc1)C(=O)NCCc1ccc(O)cc1)C(N)=O. The number of ether oxygens (including phenoxy) is 1. The van der Waals surface area contributed by atoms with Gasteiger partial charge in [0.15, 0.2) is 0 Å². The molecule has 0 saturated carbocycles. The van der Waals surface area contributed by atoms with Crippen molar-refractivity contribution in [1.82, 2.24) is 10.6 Å². The van der Waals surface area contributed by atoms with E-state index in [0.29, 0.717) is 38.2 Å². The minimum absolute atomic E-state index is 0.0909. The van der Waals surface area contributed by atoms with E-state index < -0.39 is 17.9 Å². The minimum atomic E-state index is -0.790. The number of amides is 3. The van der Waals surface area contributed by atoms with Crippen LogP contribution in [0.3, 0.4) is 0 Å². The first kappa shape index (κ1) is 28.2. The number of aromatic hydroxyl groups is 1. The zero-order chi connectivity index (χ0) is 27.3. The Morgan fingerprint density at radius 3 is 2.21 bits per heavy atom. The number of nitrogens with one attached hydrogen (secondary N) is 2. The van der Waals surface area contributed by atoms with E-state index in [1.54, 1.807) is 31.2 Å². The smallest absolute Gasteiger partial charge is 0.242 e. The van der Waals surface area contributed by atoms with Crippen molar-refractivity contribution in [2.24, 2.45) is 11.7 Å². The van der Waals surface area contributed by atoms with Crippen molar-refractivity contribution in [1.29, 1.82) is 0 Å². The second-order valence-corrected chi connectivity index (χ2v) is 9.29. The summed E-state index contributed by atoms with van der Waals surface area (Å²) < 4.78 is 5.84. The molecular weight excluding hydrogens is 482 g/mol. The molecule has 3 rings (SSSR count). The second-order valence-electron chi connectivity index (χ2n) is 9.29. The summed E-state index contributed by atoms with van der Waals surface area (Å²) in [6, 6.07) is 23.3. The van der Waals surface area contributed by atoms with Gasteiger partial charge in [-0.25, -0.2) is 0 Å². The van der Waals surface area contributed by atoms with Crippen LogP contribution in [0.1, 0.15) is 36.5 Å². The third-order valence-corrected chi connectivity index (χ3v) is 6.20. The van der Waals surface area contributed by atoms with Crippen LogP contribution in [0.15, 0.2) is 78.9 Å². The summed E-state index contributed by atoms with van der Waals surface area (Å²) in [7, 11) is 0. The van der Waals surface area contributed by atoms with Crippen molar-refractivity contribution in [3.63, 3.8) is 0 Å². The van der Waals surface area contributed by atoms with E-state index in [-0.39, 0.29) is 24.0 Å². The number of hydrogen-bond donors (Lipinski definition) is 4. The van der Waals surface area contributed by atoms with Crippen molar-refractivity contribution >= 4 is 17.7 Å². The maximum Gasteiger partial charge on any atom is 0.242 e. The van der Waals surface area contributed by atoms with E-state index in [4.69, 9.17) is 10.5 Å². The fraction of sp³-hybridized carbons (Fsp3) is 0.300. The van der Waals surface area contributed by atoms with Gasteiger partial charge in [-0.05, 0) is 53.8 Å². The third kappa shape index (κ3) is 9.61. The second kappa shape index (κ2) is 14.4. The average Bonchev–Trinajstić information content (AvgIpc) is 2.92. The van der Waals surface area contributed by atoms with Gasteiger partial charge in [0, 0.05) is 25.3 Å². The first-order chi connectivity index (χ1) is 18.3. The zero-order valence-corrected chi connectivity index (χ0v) is 21.6. The predicted octanol–water partition coefficient (Wildman–Crippen LogP) is 3.26. The lowest BCUT2D eigenvalue weighted by atomic mass is 10.0. The largest absolute Gasteiger partial charge is 0.508 e. The molecule has 5 N–H and O–H groups in total. The lowest BCUT2D eigenvalue weighted by Gasteiger charge is -2.19. The summed E-state index contributed by atoms with van der Waals surface area (Å²) in [5.74, 6) is -0.624. The minimum Gasteiger partial charge on any atom is -0.508 e. The molecule has 8 nitrogen and oxygen atoms in total. The molecule has 0 saturated heterocycles. The van der Waals surface area contributed by atoms with E-state index in [1.807, 2.05) is 54.6 Å². The van der Waals surface area contributed by atoms with Gasteiger partial charge < -0.3 is 26.2 Å². The molecule has 3 aromatic rings. The van der Waals surface area contributed by atoms with Crippen LogP contribution in [-0.2, 0) is 33.8 Å². The summed E-state index contributed by atoms with van der Waals surface area (Å²) in [6.07, 6.45) is 1.27. The highest BCUT2D eigenvalue weighted by Crippen LogP contribution is 2.16. The van der Waals surface area contributed by atoms with Crippen LogP contribution in [0.5, 0.6) is 11.5 Å². The van der Waals surface area contributed by atoms with Gasteiger partial charge in [-0.15, -0.1) is 0 Å². The van der Waals surface area contributed by atoms with Crippen molar-refractivity contribution in [2.75, 3.05) is 6.54 Å². The van der Waals surface area contributed by atoms with E-state index in [0.717, 1.165) is 16.7 Å². The van der Waals surface area contributed by atoms with Gasteiger partial charge in [0.2, 0.25) is 17.7 Å². The van der Waals surface area contributed by atoms with Crippen LogP contribution in [0.25, 0.3) is 0 Å². The fourth-order valence-electron chi connectivity index (χ4n) is 3.78. The van der Waals surface area contributed by atoms with Gasteiger partial charge in [0.05, 0.1) is 0 Å². The first-order valence-electron chi connectivity index (χ1n) is 12.7. The molecule has 2 atom stereocenters. The molecule has 0 fully saturated rings. The van der Waals surface area contributed by atoms with Crippen molar-refractivity contribution in [3.8, 4) is 11.5 Å². The van der Waals surface area contributed by atoms with E-state index in [1.165, 1.54) is 0 Å². The Labute approximate surface area is 223 Å². The maximum absolute atomic E-state index is 13.0. The molecule has 200 valence electrons. The number of benzene rings is 3. The molecule has 0 aromatic heterocycles. The Balaban J connectivity index is 1.59. The summed E-state index contributed by atoms with van der Waals surface area (Å²) in [4.78, 5) is 36.9. The molecule has 0 spiro atoms. The van der Waals surface area contributed by atoms with Crippen molar-refractivity contribution < 1.29 is 24.2 Å². The lowest BCUT2D eigenvalue weighted by molar-refractivity contribution is -0.129. The number of primary amides is 1. The van der Waals surface area contributed by atoms with E-state index >= 15 is 0 Å². The summed E-state index contributed by atoms with van der Waals surface area (Å²) in [5.41, 5.74) is 8.19. The Morgan fingerprint density at radius 1 is 0.895 bits per heavy atom. The molecule has 2 unspecified atom stereocenters. The van der Waals surface area contributed by atoms with Crippen molar-refractivity contribution in [3.05, 3.63) is 95.6 Å². The van der Waals surface area contributed by atoms with Crippen LogP contribution in [0, 0.1) is 5.92 Å². The molecule has 0 aliphatic carbocycles. The van der Waals surface area contributed by atoms with Crippen LogP contribution < -0.4 is 21.1 Å². The fourth-order valence-corrected chi connectivity index (χ4v) is 3.78. The number of rotatable bonds is 14. The quantitative estimate of drug-likeness (QED) is 0.261. The molecule has 3 aromatic carbocycles. The third-order valence-electron chi connectivity index (χ3n) is 6.20. The zero-order valence-electron chi connectivity index (χ0n) is 21.6. The topological polar surface area (TPSA) is 131 Å². The van der Waals surface area contributed by atoms with Gasteiger partial charge in [0.1, 0.15) is 24.1 Å². The lowest BCUT2D eigenvalue weighted by Crippen LogP contribution is -2.48. The van der Waals surface area contributed by atoms with Crippen LogP contribution in [0.2, 0.25) is 0 Å². The maximum atomic E-state index is 13.0. The number of carbonyl (C=O) groups is 3. The summed E-state index contributed by atoms with van der Waals surface area (Å²) >= 11 is 0. The summed E-state index contributed by atoms with van der Waals surface area (Å²) in [5, 5.41) is 15.1. The van der Waals surface area contributed by atoms with Gasteiger partial charge in [-0.3, -0.25) is 14.4 Å². The van der Waals surface area contributed by atoms with Crippen LogP contribution in [0.4, 0.5) is 0 Å². The Morgan fingerprint density at radius 2 is 1.55 bits per heavy atom. The van der Waals surface area contributed by atoms with Crippen LogP contribution >= 0.6 is 0 Å². The number of carbonyl (C=O) groups excluding carboxylic acids is 3. The van der Waals surface area contributed by atoms with Gasteiger partial charge in [0.25, 0.3) is 0 Å². The van der Waals surface area contributed by atoms with Crippen molar-refractivity contribution in [2.45, 2.75) is 45.3 Å². The standard InChI is InChI=1S/C30H35N3O5/c1-21(29(31)36)7-16-28(35)33-27(30(37)32-18-17-22-8-12-25(34)13-9-22)19-23-10-14-26(15-11-23)38-20-24-5-3-2-4-6-24/h2-6,8-15,21,27,34H,7,16-20H2,1H3,(H2,31,36)(H,32,37)(H,33,35). The highest BCUT2D eigenvalue weighted by molar-refractivity contribution is 5.88. The average molecular weight is 518 g/mol. The molecule has 0 heterocycles. The monoisotopic (exact) mass is 517 g/mol. The Bertz CT molecular complexity index is 1180. The van der Waals surface area contributed by atoms with Gasteiger partial charge >= 0.3 is 0 Å². The summed E-state index contributed by atoms with van der Waals surface area (Å²) in [6.45, 7) is 2.50. The normalized spacial score (nSPS) is 12.2. The highest BCUT2D eigenvalue weighted by atomic mass is 16.5.